The molecule has 0 N–H and O–H groups in total. The number of nitrogens with zero attached hydrogens (tertiary/aromatic N) is 1. The Morgan fingerprint density at radius 3 is 2.88 bits per heavy atom. The highest BCUT2D eigenvalue weighted by molar-refractivity contribution is 5.49. The minimum atomic E-state index is 0.236. The Morgan fingerprint density at radius 2 is 2.50 bits per heavy atom. The summed E-state index contributed by atoms with van der Waals surface area (Å²) in [6.45, 7) is 5.29. The maximum Gasteiger partial charge on any atom is 0.120 e. The van der Waals surface area contributed by atoms with E-state index in [0.717, 1.165) is 12.7 Å². The predicted octanol–water partition coefficient (Wildman–Crippen LogP) is 1.05. The van der Waals surface area contributed by atoms with Crippen LogP contribution in [0.3, 0.4) is 0 Å². The second kappa shape index (κ2) is 4.50. The molecule has 0 heterocycles. The lowest BCUT2D eigenvalue weighted by molar-refractivity contribution is -0.108. The molecule has 0 aromatic carbocycles. The van der Waals surface area contributed by atoms with E-state index in [4.69, 9.17) is 0 Å². The molecule has 0 spiro atoms. The molecule has 1 atom stereocenters. The molecule has 0 rings (SSSR count). The summed E-state index contributed by atoms with van der Waals surface area (Å²) in [6, 6.07) is 0.236. The zero-order valence-corrected chi connectivity index (χ0v) is 5.13. The summed E-state index contributed by atoms with van der Waals surface area (Å²) in [5.74, 6) is 0. The fourth-order valence-electron chi connectivity index (χ4n) is 0.401. The fourth-order valence-corrected chi connectivity index (χ4v) is 0.401. The van der Waals surface area contributed by atoms with Crippen molar-refractivity contribution >= 4 is 13.0 Å². The van der Waals surface area contributed by atoms with E-state index >= 15 is 0 Å². The van der Waals surface area contributed by atoms with Gasteiger partial charge in [0, 0.05) is 12.5 Å². The fraction of sp³-hybridized carbons (Fsp3) is 0.667. The van der Waals surface area contributed by atoms with Crippen molar-refractivity contribution in [3.05, 3.63) is 0 Å². The standard InChI is InChI=1S/C6H11NO/c1-6(7-2)4-3-5-8/h5-6H,2-4H2,1H3/t6-/m1/s1. The van der Waals surface area contributed by atoms with Crippen LogP contribution in [0.25, 0.3) is 0 Å². The second-order valence-electron chi connectivity index (χ2n) is 1.78. The van der Waals surface area contributed by atoms with Crippen LogP contribution in [0.5, 0.6) is 0 Å². The van der Waals surface area contributed by atoms with Gasteiger partial charge in [0.05, 0.1) is 0 Å². The van der Waals surface area contributed by atoms with Gasteiger partial charge in [0.25, 0.3) is 0 Å². The summed E-state index contributed by atoms with van der Waals surface area (Å²) < 4.78 is 0. The molecule has 46 valence electrons. The summed E-state index contributed by atoms with van der Waals surface area (Å²) >= 11 is 0. The Bertz CT molecular complexity index is 80.6. The zero-order chi connectivity index (χ0) is 6.41. The van der Waals surface area contributed by atoms with Crippen molar-refractivity contribution in [1.82, 2.24) is 0 Å². The topological polar surface area (TPSA) is 29.4 Å². The molecule has 0 fully saturated rings. The Morgan fingerprint density at radius 1 is 1.88 bits per heavy atom. The molecule has 2 nitrogen and oxygen atoms in total. The molecule has 0 bridgehead atoms. The average Bonchev–Trinajstić information content (AvgIpc) is 1.83. The van der Waals surface area contributed by atoms with Crippen LogP contribution in [-0.4, -0.2) is 19.0 Å². The molecular formula is C6H11NO. The van der Waals surface area contributed by atoms with Crippen molar-refractivity contribution in [3.63, 3.8) is 0 Å². The Hall–Kier alpha value is -0.660. The first-order chi connectivity index (χ1) is 3.81. The molecule has 0 radical (unpaired) electrons. The molecule has 0 aromatic heterocycles. The molecule has 0 saturated carbocycles. The van der Waals surface area contributed by atoms with Crippen molar-refractivity contribution in [2.24, 2.45) is 4.99 Å². The molecule has 0 aliphatic heterocycles. The molecular weight excluding hydrogens is 102 g/mol. The normalized spacial score (nSPS) is 12.6. The number of aliphatic imine (C=N–C) groups is 1. The maximum absolute atomic E-state index is 9.76. The molecule has 0 amide bonds. The number of hydrogen-bond acceptors (Lipinski definition) is 2. The second-order valence-corrected chi connectivity index (χ2v) is 1.78. The van der Waals surface area contributed by atoms with Crippen LogP contribution in [0.1, 0.15) is 19.8 Å². The molecule has 0 saturated heterocycles. The third-order valence-corrected chi connectivity index (χ3v) is 1.01. The van der Waals surface area contributed by atoms with E-state index < -0.39 is 0 Å². The number of aldehydes is 1. The van der Waals surface area contributed by atoms with E-state index in [-0.39, 0.29) is 6.04 Å². The SMILES string of the molecule is C=N[C@H](C)CCC=O. The minimum Gasteiger partial charge on any atom is -0.303 e. The quantitative estimate of drug-likeness (QED) is 0.396. The summed E-state index contributed by atoms with van der Waals surface area (Å²) in [5, 5.41) is 0. The summed E-state index contributed by atoms with van der Waals surface area (Å²) in [5.41, 5.74) is 0. The summed E-state index contributed by atoms with van der Waals surface area (Å²) in [6.07, 6.45) is 2.33. The van der Waals surface area contributed by atoms with Gasteiger partial charge in [0.2, 0.25) is 0 Å². The maximum atomic E-state index is 9.76. The first-order valence-corrected chi connectivity index (χ1v) is 2.70. The average molecular weight is 113 g/mol. The van der Waals surface area contributed by atoms with Gasteiger partial charge in [-0.25, -0.2) is 0 Å². The van der Waals surface area contributed by atoms with Gasteiger partial charge in [0.15, 0.2) is 0 Å². The number of carbonyl (C=O) groups is 1. The van der Waals surface area contributed by atoms with Crippen LogP contribution >= 0.6 is 0 Å². The molecule has 0 aliphatic rings. The van der Waals surface area contributed by atoms with Gasteiger partial charge >= 0.3 is 0 Å². The minimum absolute atomic E-state index is 0.236. The summed E-state index contributed by atoms with van der Waals surface area (Å²) in [4.78, 5) is 13.5. The Labute approximate surface area is 49.6 Å². The Kier molecular flexibility index (Phi) is 4.13. The largest absolute Gasteiger partial charge is 0.303 e. The van der Waals surface area contributed by atoms with E-state index in [9.17, 15) is 4.79 Å². The van der Waals surface area contributed by atoms with E-state index in [2.05, 4.69) is 11.7 Å². The first-order valence-electron chi connectivity index (χ1n) is 2.70. The van der Waals surface area contributed by atoms with Gasteiger partial charge in [-0.05, 0) is 20.1 Å². The highest BCUT2D eigenvalue weighted by Crippen LogP contribution is 1.96. The van der Waals surface area contributed by atoms with Gasteiger partial charge in [-0.15, -0.1) is 0 Å². The lowest BCUT2D eigenvalue weighted by Crippen LogP contribution is -1.95. The van der Waals surface area contributed by atoms with E-state index in [1.165, 1.54) is 0 Å². The smallest absolute Gasteiger partial charge is 0.120 e. The number of carbonyl (C=O) groups excluding carboxylic acids is 1. The van der Waals surface area contributed by atoms with Crippen LogP contribution < -0.4 is 0 Å². The van der Waals surface area contributed by atoms with Crippen LogP contribution in [-0.2, 0) is 4.79 Å². The van der Waals surface area contributed by atoms with E-state index in [1.807, 2.05) is 6.92 Å². The van der Waals surface area contributed by atoms with Gasteiger partial charge in [-0.1, -0.05) is 0 Å². The lowest BCUT2D eigenvalue weighted by Gasteiger charge is -1.97. The third-order valence-electron chi connectivity index (χ3n) is 1.01. The van der Waals surface area contributed by atoms with Crippen molar-refractivity contribution in [2.75, 3.05) is 0 Å². The number of hydrogen-bond donors (Lipinski definition) is 0. The molecule has 0 unspecified atom stereocenters. The van der Waals surface area contributed by atoms with Crippen LogP contribution in [0.15, 0.2) is 4.99 Å². The third kappa shape index (κ3) is 3.53. The Balaban J connectivity index is 3.09. The zero-order valence-electron chi connectivity index (χ0n) is 5.13. The number of rotatable bonds is 4. The predicted molar refractivity (Wildman–Crippen MR) is 34.3 cm³/mol. The van der Waals surface area contributed by atoms with Crippen LogP contribution in [0.2, 0.25) is 0 Å². The lowest BCUT2D eigenvalue weighted by atomic mass is 10.2. The molecule has 2 heteroatoms. The first kappa shape index (κ1) is 7.34. The van der Waals surface area contributed by atoms with Gasteiger partial charge in [0.1, 0.15) is 6.29 Å². The monoisotopic (exact) mass is 113 g/mol. The molecule has 0 aliphatic carbocycles. The van der Waals surface area contributed by atoms with Crippen molar-refractivity contribution in [2.45, 2.75) is 25.8 Å². The van der Waals surface area contributed by atoms with E-state index in [1.54, 1.807) is 0 Å². The van der Waals surface area contributed by atoms with Crippen LogP contribution in [0, 0.1) is 0 Å². The van der Waals surface area contributed by atoms with Gasteiger partial charge in [-0.3, -0.25) is 4.99 Å². The van der Waals surface area contributed by atoms with Crippen molar-refractivity contribution < 1.29 is 4.79 Å². The molecule has 8 heavy (non-hydrogen) atoms. The van der Waals surface area contributed by atoms with Crippen LogP contribution in [0.4, 0.5) is 0 Å². The van der Waals surface area contributed by atoms with Gasteiger partial charge in [-0.2, -0.15) is 0 Å². The van der Waals surface area contributed by atoms with Crippen molar-refractivity contribution in [1.29, 1.82) is 0 Å². The highest BCUT2D eigenvalue weighted by atomic mass is 16.1. The van der Waals surface area contributed by atoms with Crippen molar-refractivity contribution in [3.8, 4) is 0 Å². The van der Waals surface area contributed by atoms with E-state index in [0.29, 0.717) is 6.42 Å². The highest BCUT2D eigenvalue weighted by Gasteiger charge is 1.93. The summed E-state index contributed by atoms with van der Waals surface area (Å²) in [7, 11) is 0. The molecule has 0 aromatic rings. The van der Waals surface area contributed by atoms with Gasteiger partial charge < -0.3 is 4.79 Å².